The normalized spacial score (nSPS) is 18.7. The lowest BCUT2D eigenvalue weighted by Gasteiger charge is -2.34. The minimum atomic E-state index is -4.41. The number of hydrogen-bond donors (Lipinski definition) is 2. The molecule has 3 aromatic carbocycles. The lowest BCUT2D eigenvalue weighted by atomic mass is 10.0. The first-order chi connectivity index (χ1) is 20.3. The number of aliphatic hydroxyl groups is 1. The van der Waals surface area contributed by atoms with Gasteiger partial charge in [0, 0.05) is 36.8 Å². The number of likely N-dealkylation sites (N-methyl/N-ethyl adjacent to an activating group) is 1. The van der Waals surface area contributed by atoms with E-state index in [0.29, 0.717) is 36.5 Å². The molecule has 0 radical (unpaired) electrons. The fraction of sp³-hybridized carbons (Fsp3) is 0.387. The maximum absolute atomic E-state index is 13.4. The SMILES string of the molecule is C[C@@H]1CN([C@H](C)CO)C(=O)Cc2cc(NS(=O)(=O)c3ccccc3)ccc2O[C@H]1CN(C)Cc1ccc(C(F)(F)F)cc1. The molecule has 1 aliphatic heterocycles. The number of ether oxygens (including phenoxy) is 1. The van der Waals surface area contributed by atoms with E-state index in [1.165, 1.54) is 24.3 Å². The molecule has 43 heavy (non-hydrogen) atoms. The summed E-state index contributed by atoms with van der Waals surface area (Å²) in [7, 11) is -2.03. The number of amides is 1. The second kappa shape index (κ2) is 13.4. The summed E-state index contributed by atoms with van der Waals surface area (Å²) in [6, 6.07) is 17.3. The summed E-state index contributed by atoms with van der Waals surface area (Å²) >= 11 is 0. The number of alkyl halides is 3. The molecule has 1 amide bonds. The third-order valence-electron chi connectivity index (χ3n) is 7.45. The molecule has 0 saturated heterocycles. The number of anilines is 1. The third kappa shape index (κ3) is 8.27. The highest BCUT2D eigenvalue weighted by atomic mass is 32.2. The highest BCUT2D eigenvalue weighted by molar-refractivity contribution is 7.92. The molecule has 1 aliphatic rings. The molecular formula is C31H36F3N3O5S. The van der Waals surface area contributed by atoms with E-state index in [0.717, 1.165) is 12.1 Å². The van der Waals surface area contributed by atoms with E-state index in [9.17, 15) is 31.5 Å². The Morgan fingerprint density at radius 1 is 1.09 bits per heavy atom. The van der Waals surface area contributed by atoms with Crippen molar-refractivity contribution >= 4 is 21.6 Å². The van der Waals surface area contributed by atoms with Crippen molar-refractivity contribution in [1.29, 1.82) is 0 Å². The van der Waals surface area contributed by atoms with Gasteiger partial charge in [-0.25, -0.2) is 8.42 Å². The number of nitrogens with zero attached hydrogens (tertiary/aromatic N) is 2. The van der Waals surface area contributed by atoms with E-state index in [1.807, 2.05) is 18.9 Å². The molecule has 0 unspecified atom stereocenters. The summed E-state index contributed by atoms with van der Waals surface area (Å²) in [6.07, 6.45) is -4.92. The Morgan fingerprint density at radius 3 is 2.40 bits per heavy atom. The maximum Gasteiger partial charge on any atom is 0.416 e. The summed E-state index contributed by atoms with van der Waals surface area (Å²) in [6.45, 7) is 4.52. The summed E-state index contributed by atoms with van der Waals surface area (Å²) in [5.41, 5.74) is 0.742. The molecule has 3 atom stereocenters. The molecule has 0 aromatic heterocycles. The van der Waals surface area contributed by atoms with Crippen molar-refractivity contribution < 1.29 is 36.2 Å². The van der Waals surface area contributed by atoms with E-state index in [2.05, 4.69) is 4.72 Å². The average Bonchev–Trinajstić information content (AvgIpc) is 3.00. The summed E-state index contributed by atoms with van der Waals surface area (Å²) in [4.78, 5) is 17.1. The van der Waals surface area contributed by atoms with Crippen LogP contribution in [0.15, 0.2) is 77.7 Å². The number of halogens is 3. The van der Waals surface area contributed by atoms with Gasteiger partial charge in [-0.3, -0.25) is 14.4 Å². The molecule has 3 aromatic rings. The Balaban J connectivity index is 1.60. The van der Waals surface area contributed by atoms with E-state index in [-0.39, 0.29) is 35.4 Å². The van der Waals surface area contributed by atoms with Gasteiger partial charge >= 0.3 is 6.18 Å². The van der Waals surface area contributed by atoms with Crippen LogP contribution in [0.5, 0.6) is 5.75 Å². The van der Waals surface area contributed by atoms with E-state index >= 15 is 0 Å². The number of aliphatic hydroxyl groups excluding tert-OH is 1. The molecule has 0 bridgehead atoms. The zero-order chi connectivity index (χ0) is 31.4. The highest BCUT2D eigenvalue weighted by Gasteiger charge is 2.32. The van der Waals surface area contributed by atoms with Crippen molar-refractivity contribution in [2.45, 2.75) is 50.0 Å². The van der Waals surface area contributed by atoms with Gasteiger partial charge in [0.2, 0.25) is 5.91 Å². The Hall–Kier alpha value is -3.61. The number of carbonyl (C=O) groups excluding carboxylic acids is 1. The van der Waals surface area contributed by atoms with Crippen LogP contribution in [0.2, 0.25) is 0 Å². The quantitative estimate of drug-likeness (QED) is 0.358. The van der Waals surface area contributed by atoms with Gasteiger partial charge in [-0.2, -0.15) is 13.2 Å². The lowest BCUT2D eigenvalue weighted by molar-refractivity contribution is -0.137. The first-order valence-corrected chi connectivity index (χ1v) is 15.4. The van der Waals surface area contributed by atoms with Crippen LogP contribution in [0.3, 0.4) is 0 Å². The van der Waals surface area contributed by atoms with Crippen LogP contribution in [-0.4, -0.2) is 68.1 Å². The monoisotopic (exact) mass is 619 g/mol. The number of sulfonamides is 1. The van der Waals surface area contributed by atoms with Gasteiger partial charge in [-0.1, -0.05) is 37.3 Å². The van der Waals surface area contributed by atoms with E-state index < -0.39 is 33.9 Å². The molecule has 0 fully saturated rings. The van der Waals surface area contributed by atoms with Crippen molar-refractivity contribution in [1.82, 2.24) is 9.80 Å². The van der Waals surface area contributed by atoms with Crippen LogP contribution in [0.4, 0.5) is 18.9 Å². The Bertz CT molecular complexity index is 1500. The van der Waals surface area contributed by atoms with Gasteiger partial charge < -0.3 is 14.7 Å². The molecule has 0 saturated carbocycles. The van der Waals surface area contributed by atoms with Crippen molar-refractivity contribution in [2.24, 2.45) is 5.92 Å². The molecular weight excluding hydrogens is 583 g/mol. The number of rotatable bonds is 9. The lowest BCUT2D eigenvalue weighted by Crippen LogP contribution is -2.47. The minimum Gasteiger partial charge on any atom is -0.488 e. The van der Waals surface area contributed by atoms with Crippen molar-refractivity contribution in [3.05, 3.63) is 89.5 Å². The fourth-order valence-corrected chi connectivity index (χ4v) is 6.08. The maximum atomic E-state index is 13.4. The zero-order valence-corrected chi connectivity index (χ0v) is 25.0. The van der Waals surface area contributed by atoms with Crippen LogP contribution in [0.1, 0.15) is 30.5 Å². The van der Waals surface area contributed by atoms with E-state index in [1.54, 1.807) is 48.2 Å². The number of fused-ring (bicyclic) bond motifs is 1. The second-order valence-corrected chi connectivity index (χ2v) is 12.7. The van der Waals surface area contributed by atoms with Crippen LogP contribution >= 0.6 is 0 Å². The Labute approximate surface area is 250 Å². The van der Waals surface area contributed by atoms with Crippen LogP contribution in [-0.2, 0) is 34.0 Å². The number of hydrogen-bond acceptors (Lipinski definition) is 6. The fourth-order valence-electron chi connectivity index (χ4n) is 5.01. The first kappa shape index (κ1) is 32.3. The number of benzene rings is 3. The predicted molar refractivity (Wildman–Crippen MR) is 157 cm³/mol. The van der Waals surface area contributed by atoms with Gasteiger partial charge in [-0.05, 0) is 62.0 Å². The Morgan fingerprint density at radius 2 is 1.77 bits per heavy atom. The third-order valence-corrected chi connectivity index (χ3v) is 8.84. The minimum absolute atomic E-state index is 0.0680. The van der Waals surface area contributed by atoms with Gasteiger partial charge in [0.05, 0.1) is 29.5 Å². The molecule has 2 N–H and O–H groups in total. The van der Waals surface area contributed by atoms with Gasteiger partial charge in [-0.15, -0.1) is 0 Å². The van der Waals surface area contributed by atoms with Gasteiger partial charge in [0.1, 0.15) is 11.9 Å². The van der Waals surface area contributed by atoms with Crippen LogP contribution in [0, 0.1) is 5.92 Å². The second-order valence-electron chi connectivity index (χ2n) is 11.0. The molecule has 12 heteroatoms. The van der Waals surface area contributed by atoms with Gasteiger partial charge in [0.25, 0.3) is 10.0 Å². The molecule has 0 aliphatic carbocycles. The number of carbonyl (C=O) groups is 1. The zero-order valence-electron chi connectivity index (χ0n) is 24.2. The Kier molecular flexibility index (Phi) is 10.0. The van der Waals surface area contributed by atoms with Gasteiger partial charge in [0.15, 0.2) is 0 Å². The largest absolute Gasteiger partial charge is 0.488 e. The van der Waals surface area contributed by atoms with E-state index in [4.69, 9.17) is 4.74 Å². The smallest absolute Gasteiger partial charge is 0.416 e. The van der Waals surface area contributed by atoms with Crippen LogP contribution < -0.4 is 9.46 Å². The molecule has 0 spiro atoms. The molecule has 1 heterocycles. The highest BCUT2D eigenvalue weighted by Crippen LogP contribution is 2.31. The average molecular weight is 620 g/mol. The number of nitrogens with one attached hydrogen (secondary N) is 1. The molecule has 4 rings (SSSR count). The standard InChI is InChI=1S/C31H36F3N3O5S/c1-21-17-37(22(2)20-38)30(39)16-24-15-26(35-43(40,41)27-7-5-4-6-8-27)13-14-28(24)42-29(21)19-36(3)18-23-9-11-25(12-10-23)31(32,33)34/h4-15,21-22,29,35,38H,16-20H2,1-3H3/t21-,22-,29+/m1/s1. The molecule has 8 nitrogen and oxygen atoms in total. The summed E-state index contributed by atoms with van der Waals surface area (Å²) in [5.74, 6) is 0.00424. The first-order valence-electron chi connectivity index (χ1n) is 13.9. The van der Waals surface area contributed by atoms with Crippen molar-refractivity contribution in [3.8, 4) is 5.75 Å². The van der Waals surface area contributed by atoms with Crippen molar-refractivity contribution in [2.75, 3.05) is 31.5 Å². The summed E-state index contributed by atoms with van der Waals surface area (Å²) in [5, 5.41) is 9.86. The van der Waals surface area contributed by atoms with Crippen LogP contribution in [0.25, 0.3) is 0 Å². The predicted octanol–water partition coefficient (Wildman–Crippen LogP) is 4.79. The molecule has 232 valence electrons. The topological polar surface area (TPSA) is 99.2 Å². The van der Waals surface area contributed by atoms with Crippen molar-refractivity contribution in [3.63, 3.8) is 0 Å². The summed E-state index contributed by atoms with van der Waals surface area (Å²) < 4.78 is 73.8.